The van der Waals surface area contributed by atoms with Crippen molar-refractivity contribution < 1.29 is 24.0 Å². The van der Waals surface area contributed by atoms with Crippen molar-refractivity contribution in [3.63, 3.8) is 0 Å². The molecule has 0 aliphatic carbocycles. The number of carbonyl (C=O) groups excluding carboxylic acids is 5. The van der Waals surface area contributed by atoms with Gasteiger partial charge in [0, 0.05) is 137 Å². The second-order valence-corrected chi connectivity index (χ2v) is 29.0. The molecule has 0 aliphatic rings. The predicted molar refractivity (Wildman–Crippen MR) is 411 cm³/mol. The first-order valence-electron chi connectivity index (χ1n) is 42.1. The first kappa shape index (κ1) is 92.4. The van der Waals surface area contributed by atoms with Crippen LogP contribution in [0, 0.1) is 0 Å². The van der Waals surface area contributed by atoms with E-state index in [2.05, 4.69) is 75.9 Å². The molecule has 0 rings (SSSR count). The topological polar surface area (TPSA) is 155 Å². The van der Waals surface area contributed by atoms with Crippen LogP contribution in [0.3, 0.4) is 0 Å². The summed E-state index contributed by atoms with van der Waals surface area (Å²) in [4.78, 5) is 73.8. The highest BCUT2D eigenvalue weighted by molar-refractivity contribution is 5.79. The summed E-state index contributed by atoms with van der Waals surface area (Å²) >= 11 is 0. The van der Waals surface area contributed by atoms with E-state index >= 15 is 0 Å². The lowest BCUT2D eigenvalue weighted by Crippen LogP contribution is -2.44. The minimum absolute atomic E-state index is 0.0751. The molecule has 0 aromatic rings. The number of rotatable bonds is 80. The molecule has 4 amide bonds. The van der Waals surface area contributed by atoms with Crippen LogP contribution in [-0.2, 0) is 24.0 Å². The SMILES string of the molecule is CCCCCCCCCCCCCC(=O)CCN(CCC(=O)NCCCCCCCCCCCC)CCN(CCNCCC(=O)NCCCCCCCCCCCC)CCN(CCC(=O)NCCCCCCCCCCCC)CCC(=O)NCCCCCCCCCCCC. The summed E-state index contributed by atoms with van der Waals surface area (Å²) in [5.41, 5.74) is 0. The molecule has 0 bridgehead atoms. The molecule has 0 unspecified atom stereocenters. The summed E-state index contributed by atoms with van der Waals surface area (Å²) in [7, 11) is 0. The van der Waals surface area contributed by atoms with Crippen molar-refractivity contribution in [1.29, 1.82) is 0 Å². The first-order valence-corrected chi connectivity index (χ1v) is 42.1. The van der Waals surface area contributed by atoms with E-state index in [1.54, 1.807) is 0 Å². The van der Waals surface area contributed by atoms with Crippen molar-refractivity contribution in [3.8, 4) is 0 Å². The first-order chi connectivity index (χ1) is 46.7. The molecule has 0 atom stereocenters. The molecule has 0 saturated heterocycles. The molecule has 0 aromatic carbocycles. The van der Waals surface area contributed by atoms with E-state index in [9.17, 15) is 24.0 Å². The maximum Gasteiger partial charge on any atom is 0.221 e. The number of Topliss-reactive ketones (excluding diaryl/α,β-unsaturated/α-hetero) is 1. The second kappa shape index (κ2) is 77.1. The highest BCUT2D eigenvalue weighted by Crippen LogP contribution is 2.16. The molecule has 13 heteroatoms. The van der Waals surface area contributed by atoms with E-state index in [1.165, 1.54) is 270 Å². The van der Waals surface area contributed by atoms with Crippen molar-refractivity contribution >= 4 is 29.4 Å². The normalized spacial score (nSPS) is 11.6. The van der Waals surface area contributed by atoms with Crippen LogP contribution in [0.15, 0.2) is 0 Å². The zero-order valence-electron chi connectivity index (χ0n) is 64.3. The Balaban J connectivity index is 6.04. The fraction of sp³-hybridized carbons (Fsp3) is 0.939. The third-order valence-electron chi connectivity index (χ3n) is 19.7. The Morgan fingerprint density at radius 3 is 0.663 bits per heavy atom. The summed E-state index contributed by atoms with van der Waals surface area (Å²) < 4.78 is 0. The Kier molecular flexibility index (Phi) is 75.0. The highest BCUT2D eigenvalue weighted by Gasteiger charge is 2.17. The fourth-order valence-corrected chi connectivity index (χ4v) is 13.0. The Morgan fingerprint density at radius 2 is 0.400 bits per heavy atom. The third kappa shape index (κ3) is 72.5. The number of nitrogens with one attached hydrogen (secondary N) is 5. The Bertz CT molecular complexity index is 1460. The maximum atomic E-state index is 13.5. The summed E-state index contributed by atoms with van der Waals surface area (Å²) in [5.74, 6) is 0.655. The number of nitrogens with zero attached hydrogens (tertiary/aromatic N) is 3. The molecule has 0 aromatic heterocycles. The van der Waals surface area contributed by atoms with Gasteiger partial charge in [-0.05, 0) is 32.1 Å². The molecular formula is C82H164N8O5. The van der Waals surface area contributed by atoms with Crippen molar-refractivity contribution in [2.24, 2.45) is 0 Å². The van der Waals surface area contributed by atoms with Crippen molar-refractivity contribution in [3.05, 3.63) is 0 Å². The largest absolute Gasteiger partial charge is 0.356 e. The molecule has 0 saturated carbocycles. The van der Waals surface area contributed by atoms with Gasteiger partial charge >= 0.3 is 0 Å². The molecule has 13 nitrogen and oxygen atoms in total. The summed E-state index contributed by atoms with van der Waals surface area (Å²) in [6.07, 6.45) is 67.4. The van der Waals surface area contributed by atoms with Crippen LogP contribution in [0.4, 0.5) is 0 Å². The van der Waals surface area contributed by atoms with E-state index in [-0.39, 0.29) is 23.6 Å². The van der Waals surface area contributed by atoms with Gasteiger partial charge in [0.1, 0.15) is 5.78 Å². The molecule has 5 N–H and O–H groups in total. The number of amides is 4. The molecule has 0 spiro atoms. The highest BCUT2D eigenvalue weighted by atomic mass is 16.2. The Morgan fingerprint density at radius 1 is 0.189 bits per heavy atom. The van der Waals surface area contributed by atoms with E-state index in [4.69, 9.17) is 0 Å². The van der Waals surface area contributed by atoms with Crippen LogP contribution in [0.1, 0.15) is 401 Å². The van der Waals surface area contributed by atoms with Gasteiger partial charge in [-0.15, -0.1) is 0 Å². The third-order valence-corrected chi connectivity index (χ3v) is 19.7. The van der Waals surface area contributed by atoms with Crippen molar-refractivity contribution in [2.75, 3.05) is 98.2 Å². The zero-order valence-corrected chi connectivity index (χ0v) is 64.3. The van der Waals surface area contributed by atoms with Gasteiger partial charge in [-0.2, -0.15) is 0 Å². The predicted octanol–water partition coefficient (Wildman–Crippen LogP) is 19.9. The van der Waals surface area contributed by atoms with Gasteiger partial charge in [0.2, 0.25) is 23.6 Å². The Labute approximate surface area is 590 Å². The molecule has 562 valence electrons. The molecular weight excluding hydrogens is 1180 g/mol. The minimum atomic E-state index is 0.0751. The minimum Gasteiger partial charge on any atom is -0.356 e. The van der Waals surface area contributed by atoms with Crippen molar-refractivity contribution in [2.45, 2.75) is 401 Å². The molecule has 0 radical (unpaired) electrons. The number of unbranched alkanes of at least 4 members (excludes halogenated alkanes) is 46. The van der Waals surface area contributed by atoms with Gasteiger partial charge in [0.25, 0.3) is 0 Å². The second-order valence-electron chi connectivity index (χ2n) is 29.0. The summed E-state index contributed by atoms with van der Waals surface area (Å²) in [6.45, 7) is 21.6. The number of hydrogen-bond donors (Lipinski definition) is 5. The van der Waals surface area contributed by atoms with Crippen LogP contribution in [0.2, 0.25) is 0 Å². The molecule has 0 fully saturated rings. The number of carbonyl (C=O) groups is 5. The summed E-state index contributed by atoms with van der Waals surface area (Å²) in [6, 6.07) is 0. The van der Waals surface area contributed by atoms with Gasteiger partial charge < -0.3 is 36.4 Å². The van der Waals surface area contributed by atoms with E-state index < -0.39 is 0 Å². The van der Waals surface area contributed by atoms with Gasteiger partial charge in [0.15, 0.2) is 0 Å². The van der Waals surface area contributed by atoms with Crippen LogP contribution < -0.4 is 26.6 Å². The maximum absolute atomic E-state index is 13.5. The lowest BCUT2D eigenvalue weighted by molar-refractivity contribution is -0.122. The average molecular weight is 1340 g/mol. The molecule has 0 aliphatic heterocycles. The van der Waals surface area contributed by atoms with Gasteiger partial charge in [-0.3, -0.25) is 28.9 Å². The Hall–Kier alpha value is -2.61. The van der Waals surface area contributed by atoms with E-state index in [0.29, 0.717) is 110 Å². The van der Waals surface area contributed by atoms with Crippen LogP contribution in [0.25, 0.3) is 0 Å². The fourth-order valence-electron chi connectivity index (χ4n) is 13.0. The van der Waals surface area contributed by atoms with E-state index in [1.807, 2.05) is 0 Å². The molecule has 0 heterocycles. The van der Waals surface area contributed by atoms with Gasteiger partial charge in [0.05, 0.1) is 0 Å². The zero-order chi connectivity index (χ0) is 69.1. The average Bonchev–Trinajstić information content (AvgIpc) is 2.77. The lowest BCUT2D eigenvalue weighted by Gasteiger charge is -2.30. The smallest absolute Gasteiger partial charge is 0.221 e. The van der Waals surface area contributed by atoms with Crippen LogP contribution in [-0.4, -0.2) is 142 Å². The van der Waals surface area contributed by atoms with Crippen molar-refractivity contribution in [1.82, 2.24) is 41.3 Å². The number of hydrogen-bond acceptors (Lipinski definition) is 9. The van der Waals surface area contributed by atoms with Crippen LogP contribution in [0.5, 0.6) is 0 Å². The standard InChI is InChI=1S/C82H164N8O5/c1-6-11-16-21-26-31-36-37-42-47-52-57-78(91)59-69-88(70-60-80(93)85-64-54-49-44-39-33-28-23-18-13-8-3)74-76-90(73-68-83-67-58-79(92)84-63-53-48-43-38-32-27-22-17-12-7-2)77-75-89(71-61-81(94)86-65-55-50-45-40-34-29-24-19-14-9-4)72-62-82(95)87-66-56-51-46-41-35-30-25-20-15-10-5/h83H,6-77H2,1-5H3,(H,84,92)(H,85,93)(H,86,94)(H,87,95). The van der Waals surface area contributed by atoms with Gasteiger partial charge in [-0.1, -0.05) is 330 Å². The van der Waals surface area contributed by atoms with Gasteiger partial charge in [-0.25, -0.2) is 0 Å². The quantitative estimate of drug-likeness (QED) is 0.0374. The summed E-state index contributed by atoms with van der Waals surface area (Å²) in [5, 5.41) is 16.4. The van der Waals surface area contributed by atoms with E-state index in [0.717, 1.165) is 90.5 Å². The number of ketones is 1. The van der Waals surface area contributed by atoms with Crippen LogP contribution >= 0.6 is 0 Å². The lowest BCUT2D eigenvalue weighted by atomic mass is 10.0. The monoisotopic (exact) mass is 1340 g/mol. The molecule has 95 heavy (non-hydrogen) atoms.